The van der Waals surface area contributed by atoms with Crippen molar-refractivity contribution in [3.05, 3.63) is 143 Å². The number of benzene rings is 6. The molecule has 0 spiro atoms. The third kappa shape index (κ3) is 24.7. The first-order valence-electron chi connectivity index (χ1n) is 32.6. The number of methoxy groups -OCH3 is 12. The van der Waals surface area contributed by atoms with Crippen LogP contribution < -0.4 is 56.8 Å². The highest BCUT2D eigenvalue weighted by molar-refractivity contribution is 5.97. The Morgan fingerprint density at radius 2 is 0.395 bits per heavy atom. The summed E-state index contributed by atoms with van der Waals surface area (Å²) < 4.78 is 95.7. The minimum atomic E-state index is -1.89. The molecular weight excluding hydrogens is 1540 g/mol. The largest absolute Gasteiger partial charge is 0.549 e. The number of hydrogen-bond donors (Lipinski definition) is 0. The van der Waals surface area contributed by atoms with Crippen molar-refractivity contribution in [3.63, 3.8) is 0 Å². The molecule has 0 fully saturated rings. The number of carbonyl (C=O) groups excluding carboxylic acids is 12. The fourth-order valence-electron chi connectivity index (χ4n) is 10.5. The van der Waals surface area contributed by atoms with Gasteiger partial charge in [0.15, 0.2) is 69.0 Å². The summed E-state index contributed by atoms with van der Waals surface area (Å²) in [5.74, 6) is -16.2. The molecule has 0 N–H and O–H groups in total. The summed E-state index contributed by atoms with van der Waals surface area (Å²) in [5.41, 5.74) is -2.08. The van der Waals surface area contributed by atoms with E-state index in [0.29, 0.717) is 0 Å². The second kappa shape index (κ2) is 45.4. The molecule has 6 aromatic carbocycles. The van der Waals surface area contributed by atoms with E-state index in [1.807, 2.05) is 0 Å². The van der Waals surface area contributed by atoms with Crippen molar-refractivity contribution in [1.82, 2.24) is 0 Å². The second-order valence-electron chi connectivity index (χ2n) is 21.8. The monoisotopic (exact) mass is 1610 g/mol. The fourth-order valence-corrected chi connectivity index (χ4v) is 10.5. The van der Waals surface area contributed by atoms with Crippen molar-refractivity contribution in [2.75, 3.05) is 125 Å². The van der Waals surface area contributed by atoms with Crippen LogP contribution in [0.5, 0.6) is 69.0 Å². The molecule has 0 saturated carbocycles. The van der Waals surface area contributed by atoms with Gasteiger partial charge in [-0.1, -0.05) is 36.4 Å². The Kier molecular flexibility index (Phi) is 35.1. The first-order valence-corrected chi connectivity index (χ1v) is 32.6. The third-order valence-corrected chi connectivity index (χ3v) is 15.6. The van der Waals surface area contributed by atoms with Crippen molar-refractivity contribution in [2.45, 2.75) is 12.8 Å². The molecule has 0 aromatic heterocycles. The van der Waals surface area contributed by atoms with E-state index >= 15 is 0 Å². The molecule has 6 rings (SSSR count). The molecular formula is C72H74O42. The van der Waals surface area contributed by atoms with Gasteiger partial charge < -0.3 is 85.3 Å². The van der Waals surface area contributed by atoms with E-state index in [9.17, 15) is 57.5 Å². The van der Waals surface area contributed by atoms with Gasteiger partial charge in [0.05, 0.1) is 125 Å². The van der Waals surface area contributed by atoms with Crippen LogP contribution in [0, 0.1) is 23.7 Å². The molecule has 42 nitrogen and oxygen atoms in total. The van der Waals surface area contributed by atoms with Gasteiger partial charge in [0.25, 0.3) is 0 Å². The van der Waals surface area contributed by atoms with E-state index in [1.165, 1.54) is 195 Å². The van der Waals surface area contributed by atoms with Crippen molar-refractivity contribution in [1.29, 1.82) is 0 Å². The molecule has 42 heteroatoms. The zero-order valence-electron chi connectivity index (χ0n) is 62.5. The molecule has 0 bridgehead atoms. The van der Waals surface area contributed by atoms with Gasteiger partial charge >= 0.3 is 72.7 Å². The predicted molar refractivity (Wildman–Crippen MR) is 368 cm³/mol. The van der Waals surface area contributed by atoms with Gasteiger partial charge in [-0.05, 0) is 85.6 Å². The van der Waals surface area contributed by atoms with Gasteiger partial charge in [-0.2, -0.15) is 28.8 Å². The minimum absolute atomic E-state index is 0.0159. The van der Waals surface area contributed by atoms with Gasteiger partial charge in [0, 0.05) is 23.7 Å². The maximum absolute atomic E-state index is 13.9. The number of carbonyl (C=O) groups is 12. The number of ether oxygens (including phenoxy) is 18. The number of rotatable bonds is 35. The number of para-hydroxylation sites is 6. The van der Waals surface area contributed by atoms with Crippen LogP contribution in [0.4, 0.5) is 28.8 Å². The minimum Gasteiger partial charge on any atom is -0.493 e. The van der Waals surface area contributed by atoms with Crippen LogP contribution in [-0.4, -0.2) is 198 Å². The van der Waals surface area contributed by atoms with Gasteiger partial charge in [-0.3, -0.25) is 0 Å². The highest BCUT2D eigenvalue weighted by Crippen LogP contribution is 2.39. The lowest BCUT2D eigenvalue weighted by Gasteiger charge is -2.36. The average Bonchev–Trinajstić information content (AvgIpc) is 0.862. The van der Waals surface area contributed by atoms with E-state index < -0.39 is 149 Å². The van der Waals surface area contributed by atoms with Crippen LogP contribution in [-0.2, 0) is 87.1 Å². The molecule has 4 atom stereocenters. The fraction of sp³-hybridized carbons (Fsp3) is 0.333. The van der Waals surface area contributed by atoms with E-state index in [2.05, 4.69) is 9.78 Å². The molecule has 0 amide bonds. The second-order valence-corrected chi connectivity index (χ2v) is 21.8. The highest BCUT2D eigenvalue weighted by Gasteiger charge is 2.41. The van der Waals surface area contributed by atoms with E-state index in [1.54, 1.807) is 0 Å². The van der Waals surface area contributed by atoms with Gasteiger partial charge in [0.1, 0.15) is 33.4 Å². The van der Waals surface area contributed by atoms with Crippen LogP contribution in [0.2, 0.25) is 0 Å². The van der Waals surface area contributed by atoms with Crippen molar-refractivity contribution in [3.8, 4) is 69.0 Å². The average molecular weight is 1610 g/mol. The zero-order valence-corrected chi connectivity index (χ0v) is 62.5. The summed E-state index contributed by atoms with van der Waals surface area (Å²) in [6.45, 7) is -6.64. The molecule has 0 saturated heterocycles. The van der Waals surface area contributed by atoms with Gasteiger partial charge in [-0.25, -0.2) is 87.4 Å². The van der Waals surface area contributed by atoms with Crippen LogP contribution in [0.1, 0.15) is 75.0 Å². The Morgan fingerprint density at radius 1 is 0.219 bits per heavy atom. The molecule has 0 aliphatic carbocycles. The number of hydrogen-bond acceptors (Lipinski definition) is 42. The quantitative estimate of drug-likeness (QED) is 0.0154. The van der Waals surface area contributed by atoms with Crippen molar-refractivity contribution in [2.24, 2.45) is 23.7 Å². The molecule has 114 heavy (non-hydrogen) atoms. The Labute approximate surface area is 645 Å². The molecule has 0 radical (unpaired) electrons. The Balaban J connectivity index is 1.47. The lowest BCUT2D eigenvalue weighted by molar-refractivity contribution is -0.212. The normalized spacial score (nSPS) is 11.4. The summed E-state index contributed by atoms with van der Waals surface area (Å²) in [5, 5.41) is 0. The van der Waals surface area contributed by atoms with Crippen LogP contribution in [0.25, 0.3) is 0 Å². The molecule has 614 valence electrons. The topological polar surface area (TPSA) is 482 Å². The molecule has 4 unspecified atom stereocenters. The van der Waals surface area contributed by atoms with Crippen LogP contribution >= 0.6 is 0 Å². The van der Waals surface area contributed by atoms with Crippen molar-refractivity contribution >= 4 is 72.7 Å². The predicted octanol–water partition coefficient (Wildman–Crippen LogP) is 9.89. The molecule has 0 heterocycles. The van der Waals surface area contributed by atoms with Crippen molar-refractivity contribution < 1.29 is 201 Å². The van der Waals surface area contributed by atoms with Gasteiger partial charge in [-0.15, -0.1) is 0 Å². The van der Waals surface area contributed by atoms with Crippen LogP contribution in [0.15, 0.2) is 109 Å². The molecule has 6 aromatic rings. The lowest BCUT2D eigenvalue weighted by Crippen LogP contribution is -2.41. The molecule has 0 aliphatic rings. The van der Waals surface area contributed by atoms with Crippen LogP contribution in [0.3, 0.4) is 0 Å². The van der Waals surface area contributed by atoms with E-state index in [-0.39, 0.29) is 102 Å². The summed E-state index contributed by atoms with van der Waals surface area (Å²) in [6.07, 6.45) is -12.5. The Morgan fingerprint density at radius 3 is 0.570 bits per heavy atom. The van der Waals surface area contributed by atoms with Gasteiger partial charge in [0.2, 0.25) is 0 Å². The molecule has 0 aliphatic heterocycles. The van der Waals surface area contributed by atoms with E-state index in [4.69, 9.17) is 134 Å². The van der Waals surface area contributed by atoms with E-state index in [0.717, 1.165) is 0 Å². The Bertz CT molecular complexity index is 4050. The third-order valence-electron chi connectivity index (χ3n) is 15.6. The first kappa shape index (κ1) is 88.3. The summed E-state index contributed by atoms with van der Waals surface area (Å²) in [6, 6.07) is 23.8. The highest BCUT2D eigenvalue weighted by atomic mass is 17.3. The summed E-state index contributed by atoms with van der Waals surface area (Å²) in [4.78, 5) is 220. The summed E-state index contributed by atoms with van der Waals surface area (Å²) in [7, 11) is 14.6. The maximum atomic E-state index is 13.9. The maximum Gasteiger partial charge on any atom is 0.549 e. The Hall–Kier alpha value is -14.6. The first-order chi connectivity index (χ1) is 55.0. The standard InChI is InChI=1S/C72H74O42/c1-85-49-25-13-19-41(55(49)91-7)61(73)103-109-67(79)97-33-31-39(35-99-69(81)111-105-63(75)43-21-15-27-51(87-3)57(43)93-9)47(37-101-71(83)113-107-65(77)45-23-17-29-53(89-5)59(45)95-11)48(38-102-72(84)114-108-66(78)46-24-18-30-54(90-6)60(46)96-12)40(36-100-70(82)112-106-64(76)44-22-16-28-52(88-4)58(44)94-10)32-34-98-68(80)110-104-62(74)42-20-14-26-50(86-2)56(42)92-8/h13-30,39-40,47-48H,31-38H2,1-12H3. The zero-order chi connectivity index (χ0) is 83.2. The SMILES string of the molecule is COc1cccc(C(=O)OOC(=O)OCCC(COC(=O)OOC(=O)c2cccc(OC)c2OC)C(COC(=O)OOC(=O)c2cccc(OC)c2OC)C(COC(=O)OOC(=O)c2cccc(OC)c2OC)C(CCOC(=O)OOC(=O)c2cccc(OC)c2OC)COC(=O)OOC(=O)c2cccc(OC)c2OC)c1OC. The smallest absolute Gasteiger partial charge is 0.493 e. The lowest BCUT2D eigenvalue weighted by atomic mass is 9.74. The summed E-state index contributed by atoms with van der Waals surface area (Å²) >= 11 is 0.